The van der Waals surface area contributed by atoms with E-state index in [4.69, 9.17) is 4.74 Å². The van der Waals surface area contributed by atoms with E-state index in [1.165, 1.54) is 0 Å². The van der Waals surface area contributed by atoms with Crippen molar-refractivity contribution in [2.24, 2.45) is 0 Å². The zero-order valence-corrected chi connectivity index (χ0v) is 7.73. The fourth-order valence-corrected chi connectivity index (χ4v) is 1.24. The minimum Gasteiger partial charge on any atom is -0.379 e. The third kappa shape index (κ3) is 3.12. The summed E-state index contributed by atoms with van der Waals surface area (Å²) in [6, 6.07) is 0. The summed E-state index contributed by atoms with van der Waals surface area (Å²) in [5, 5.41) is 10.5. The van der Waals surface area contributed by atoms with Crippen molar-refractivity contribution in [2.75, 3.05) is 32.8 Å². The van der Waals surface area contributed by atoms with E-state index < -0.39 is 0 Å². The molecule has 5 heteroatoms. The van der Waals surface area contributed by atoms with Crippen LogP contribution in [0.25, 0.3) is 0 Å². The fraction of sp³-hybridized carbons (Fsp3) is 0.750. The molecule has 1 aliphatic heterocycles. The Kier molecular flexibility index (Phi) is 3.85. The van der Waals surface area contributed by atoms with Gasteiger partial charge in [-0.3, -0.25) is 15.0 Å². The standard InChI is InChI=1S/C8H14N2O3/c1-2-8(10(11)12)7-9-3-5-13-6-4-9/h2H,3-7H2,1H3/b8-2-. The molecule has 0 aromatic rings. The zero-order chi connectivity index (χ0) is 9.68. The monoisotopic (exact) mass is 186 g/mol. The third-order valence-corrected chi connectivity index (χ3v) is 2.06. The van der Waals surface area contributed by atoms with Crippen molar-refractivity contribution in [3.05, 3.63) is 21.9 Å². The Morgan fingerprint density at radius 2 is 2.23 bits per heavy atom. The molecule has 0 unspecified atom stereocenters. The number of hydrogen-bond donors (Lipinski definition) is 0. The molecule has 0 N–H and O–H groups in total. The van der Waals surface area contributed by atoms with Gasteiger partial charge in [0.05, 0.1) is 24.7 Å². The second-order valence-corrected chi connectivity index (χ2v) is 2.93. The molecule has 1 fully saturated rings. The van der Waals surface area contributed by atoms with Crippen molar-refractivity contribution in [3.8, 4) is 0 Å². The highest BCUT2D eigenvalue weighted by Crippen LogP contribution is 2.03. The van der Waals surface area contributed by atoms with E-state index in [2.05, 4.69) is 0 Å². The lowest BCUT2D eigenvalue weighted by atomic mass is 10.3. The topological polar surface area (TPSA) is 55.6 Å². The first-order valence-electron chi connectivity index (χ1n) is 4.33. The van der Waals surface area contributed by atoms with Gasteiger partial charge in [-0.2, -0.15) is 0 Å². The van der Waals surface area contributed by atoms with Crippen molar-refractivity contribution in [3.63, 3.8) is 0 Å². The molecule has 13 heavy (non-hydrogen) atoms. The molecule has 0 amide bonds. The van der Waals surface area contributed by atoms with E-state index in [1.807, 2.05) is 4.90 Å². The number of nitro groups is 1. The number of nitrogens with zero attached hydrogens (tertiary/aromatic N) is 2. The molecule has 0 saturated carbocycles. The molecule has 74 valence electrons. The molecule has 1 saturated heterocycles. The highest BCUT2D eigenvalue weighted by atomic mass is 16.6. The van der Waals surface area contributed by atoms with Gasteiger partial charge in [0.2, 0.25) is 0 Å². The lowest BCUT2D eigenvalue weighted by molar-refractivity contribution is -0.428. The molecule has 0 atom stereocenters. The highest BCUT2D eigenvalue weighted by molar-refractivity contribution is 4.92. The summed E-state index contributed by atoms with van der Waals surface area (Å²) in [4.78, 5) is 12.2. The van der Waals surface area contributed by atoms with Gasteiger partial charge in [0.15, 0.2) is 0 Å². The maximum atomic E-state index is 10.5. The Bertz CT molecular complexity index is 209. The Balaban J connectivity index is 2.41. The van der Waals surface area contributed by atoms with Crippen LogP contribution in [0.4, 0.5) is 0 Å². The van der Waals surface area contributed by atoms with E-state index >= 15 is 0 Å². The normalized spacial score (nSPS) is 20.2. The molecule has 1 rings (SSSR count). The number of hydrogen-bond acceptors (Lipinski definition) is 4. The lowest BCUT2D eigenvalue weighted by Crippen LogP contribution is -2.38. The van der Waals surface area contributed by atoms with Gasteiger partial charge in [-0.1, -0.05) is 0 Å². The average Bonchev–Trinajstić information content (AvgIpc) is 2.15. The van der Waals surface area contributed by atoms with Crippen LogP contribution in [0.5, 0.6) is 0 Å². The number of rotatable bonds is 3. The van der Waals surface area contributed by atoms with Gasteiger partial charge in [0.1, 0.15) is 0 Å². The molecule has 5 nitrogen and oxygen atoms in total. The van der Waals surface area contributed by atoms with E-state index in [0.717, 1.165) is 13.1 Å². The Labute approximate surface area is 77.1 Å². The van der Waals surface area contributed by atoms with Gasteiger partial charge in [-0.15, -0.1) is 0 Å². The summed E-state index contributed by atoms with van der Waals surface area (Å²) in [6.07, 6.45) is 1.55. The second-order valence-electron chi connectivity index (χ2n) is 2.93. The van der Waals surface area contributed by atoms with E-state index in [0.29, 0.717) is 19.8 Å². The summed E-state index contributed by atoms with van der Waals surface area (Å²) in [6.45, 7) is 5.03. The summed E-state index contributed by atoms with van der Waals surface area (Å²) in [7, 11) is 0. The third-order valence-electron chi connectivity index (χ3n) is 2.06. The molecule has 0 bridgehead atoms. The minimum atomic E-state index is -0.324. The van der Waals surface area contributed by atoms with Gasteiger partial charge in [0, 0.05) is 13.1 Å². The predicted molar refractivity (Wildman–Crippen MR) is 48.0 cm³/mol. The lowest BCUT2D eigenvalue weighted by Gasteiger charge is -2.25. The molecule has 0 aliphatic carbocycles. The van der Waals surface area contributed by atoms with Crippen molar-refractivity contribution in [2.45, 2.75) is 6.92 Å². The fourth-order valence-electron chi connectivity index (χ4n) is 1.24. The zero-order valence-electron chi connectivity index (χ0n) is 7.73. The van der Waals surface area contributed by atoms with Crippen LogP contribution in [0, 0.1) is 10.1 Å². The van der Waals surface area contributed by atoms with Crippen molar-refractivity contribution >= 4 is 0 Å². The molecular weight excluding hydrogens is 172 g/mol. The minimum absolute atomic E-state index is 0.266. The van der Waals surface area contributed by atoms with Gasteiger partial charge < -0.3 is 4.74 Å². The summed E-state index contributed by atoms with van der Waals surface area (Å²) >= 11 is 0. The first-order valence-corrected chi connectivity index (χ1v) is 4.33. The molecule has 0 aromatic carbocycles. The summed E-state index contributed by atoms with van der Waals surface area (Å²) < 4.78 is 5.14. The highest BCUT2D eigenvalue weighted by Gasteiger charge is 2.17. The number of ether oxygens (including phenoxy) is 1. The van der Waals surface area contributed by atoms with Crippen molar-refractivity contribution in [1.29, 1.82) is 0 Å². The largest absolute Gasteiger partial charge is 0.379 e. The van der Waals surface area contributed by atoms with Gasteiger partial charge >= 0.3 is 0 Å². The summed E-state index contributed by atoms with van der Waals surface area (Å²) in [5.41, 5.74) is 0.266. The smallest absolute Gasteiger partial charge is 0.255 e. The second kappa shape index (κ2) is 4.94. The molecular formula is C8H14N2O3. The Hall–Kier alpha value is -0.940. The first kappa shape index (κ1) is 10.1. The van der Waals surface area contributed by atoms with Crippen LogP contribution >= 0.6 is 0 Å². The quantitative estimate of drug-likeness (QED) is 0.475. The van der Waals surface area contributed by atoms with Crippen LogP contribution in [-0.2, 0) is 4.74 Å². The number of morpholine rings is 1. The summed E-state index contributed by atoms with van der Waals surface area (Å²) in [5.74, 6) is 0. The Morgan fingerprint density at radius 3 is 2.69 bits per heavy atom. The Morgan fingerprint density at radius 1 is 1.62 bits per heavy atom. The molecule has 0 aromatic heterocycles. The van der Waals surface area contributed by atoms with E-state index in [1.54, 1.807) is 13.0 Å². The van der Waals surface area contributed by atoms with Gasteiger partial charge in [-0.05, 0) is 13.0 Å². The SMILES string of the molecule is C/C=C(/CN1CCOCC1)[N+](=O)[O-]. The van der Waals surface area contributed by atoms with E-state index in [9.17, 15) is 10.1 Å². The average molecular weight is 186 g/mol. The van der Waals surface area contributed by atoms with Crippen molar-refractivity contribution in [1.82, 2.24) is 4.90 Å². The predicted octanol–water partition coefficient (Wildman–Crippen LogP) is 0.499. The first-order chi connectivity index (χ1) is 6.24. The van der Waals surface area contributed by atoms with Crippen LogP contribution < -0.4 is 0 Å². The maximum absolute atomic E-state index is 10.5. The van der Waals surface area contributed by atoms with Gasteiger partial charge in [-0.25, -0.2) is 0 Å². The van der Waals surface area contributed by atoms with Gasteiger partial charge in [0.25, 0.3) is 5.70 Å². The van der Waals surface area contributed by atoms with E-state index in [-0.39, 0.29) is 10.6 Å². The molecule has 1 aliphatic rings. The van der Waals surface area contributed by atoms with Crippen LogP contribution in [0.2, 0.25) is 0 Å². The van der Waals surface area contributed by atoms with Crippen LogP contribution in [0.3, 0.4) is 0 Å². The van der Waals surface area contributed by atoms with Crippen LogP contribution in [-0.4, -0.2) is 42.7 Å². The van der Waals surface area contributed by atoms with Crippen molar-refractivity contribution < 1.29 is 9.66 Å². The molecule has 1 heterocycles. The maximum Gasteiger partial charge on any atom is 0.255 e. The molecule has 0 spiro atoms. The number of allylic oxidation sites excluding steroid dienone is 1. The van der Waals surface area contributed by atoms with Crippen LogP contribution in [0.15, 0.2) is 11.8 Å². The van der Waals surface area contributed by atoms with Crippen LogP contribution in [0.1, 0.15) is 6.92 Å². The molecule has 0 radical (unpaired) electrons.